The molecule has 0 unspecified atom stereocenters. The fourth-order valence-corrected chi connectivity index (χ4v) is 1.54. The summed E-state index contributed by atoms with van der Waals surface area (Å²) in [6.07, 6.45) is 0.797. The minimum absolute atomic E-state index is 0.125. The largest absolute Gasteiger partial charge is 0.464 e. The van der Waals surface area contributed by atoms with Crippen LogP contribution in [0.5, 0.6) is 0 Å². The molecular weight excluding hydrogens is 290 g/mol. The third-order valence-corrected chi connectivity index (χ3v) is 2.52. The van der Waals surface area contributed by atoms with Gasteiger partial charge < -0.3 is 25.1 Å². The van der Waals surface area contributed by atoms with E-state index in [2.05, 4.69) is 20.4 Å². The van der Waals surface area contributed by atoms with Crippen molar-refractivity contribution >= 4 is 23.7 Å². The van der Waals surface area contributed by atoms with Crippen LogP contribution in [0, 0.1) is 0 Å². The Morgan fingerprint density at radius 3 is 2.45 bits per heavy atom. The van der Waals surface area contributed by atoms with Crippen molar-refractivity contribution in [1.82, 2.24) is 10.3 Å². The van der Waals surface area contributed by atoms with Crippen LogP contribution in [-0.4, -0.2) is 41.7 Å². The molecule has 22 heavy (non-hydrogen) atoms. The highest BCUT2D eigenvalue weighted by atomic mass is 16.6. The number of alkyl carbamates (subject to hydrolysis) is 1. The molecule has 0 aliphatic carbocycles. The third kappa shape index (κ3) is 5.12. The predicted molar refractivity (Wildman–Crippen MR) is 79.6 cm³/mol. The Labute approximate surface area is 128 Å². The first kappa shape index (κ1) is 17.5. The first-order chi connectivity index (χ1) is 10.1. The van der Waals surface area contributed by atoms with Crippen LogP contribution in [0.15, 0.2) is 12.3 Å². The fraction of sp³-hybridized carbons (Fsp3) is 0.500. The Morgan fingerprint density at radius 2 is 1.91 bits per heavy atom. The molecule has 1 rings (SSSR count). The molecule has 0 saturated carbocycles. The summed E-state index contributed by atoms with van der Waals surface area (Å²) in [5.74, 6) is -1.09. The molecule has 0 spiro atoms. The Morgan fingerprint density at radius 1 is 1.27 bits per heavy atom. The van der Waals surface area contributed by atoms with Crippen molar-refractivity contribution in [2.75, 3.05) is 12.4 Å². The lowest BCUT2D eigenvalue weighted by atomic mass is 10.2. The summed E-state index contributed by atoms with van der Waals surface area (Å²) in [6.45, 7) is 6.67. The average molecular weight is 311 g/mol. The number of esters is 1. The minimum Gasteiger partial charge on any atom is -0.464 e. The molecule has 1 atom stereocenters. The number of ether oxygens (including phenoxy) is 2. The molecule has 122 valence electrons. The van der Waals surface area contributed by atoms with Crippen LogP contribution < -0.4 is 10.6 Å². The number of nitrogens with one attached hydrogen (secondary N) is 3. The summed E-state index contributed by atoms with van der Waals surface area (Å²) in [5, 5.41) is 4.94. The van der Waals surface area contributed by atoms with E-state index in [-0.39, 0.29) is 11.4 Å². The van der Waals surface area contributed by atoms with Gasteiger partial charge in [-0.3, -0.25) is 4.79 Å². The molecule has 1 aromatic rings. The number of hydrogen-bond donors (Lipinski definition) is 3. The maximum absolute atomic E-state index is 12.0. The van der Waals surface area contributed by atoms with Gasteiger partial charge in [0.05, 0.1) is 12.8 Å². The molecule has 1 aromatic heterocycles. The second-order valence-electron chi connectivity index (χ2n) is 5.62. The van der Waals surface area contributed by atoms with Crippen molar-refractivity contribution in [1.29, 1.82) is 0 Å². The quantitative estimate of drug-likeness (QED) is 0.732. The van der Waals surface area contributed by atoms with E-state index in [1.165, 1.54) is 26.3 Å². The van der Waals surface area contributed by atoms with Gasteiger partial charge in [0.1, 0.15) is 17.3 Å². The summed E-state index contributed by atoms with van der Waals surface area (Å²) < 4.78 is 9.65. The molecule has 0 aromatic carbocycles. The second-order valence-corrected chi connectivity index (χ2v) is 5.62. The van der Waals surface area contributed by atoms with Crippen LogP contribution in [0.1, 0.15) is 38.2 Å². The topological polar surface area (TPSA) is 110 Å². The maximum atomic E-state index is 12.0. The Balaban J connectivity index is 2.64. The minimum atomic E-state index is -0.838. The molecular formula is C14H21N3O5. The zero-order valence-corrected chi connectivity index (χ0v) is 13.3. The molecule has 0 bridgehead atoms. The second kappa shape index (κ2) is 6.97. The predicted octanol–water partition coefficient (Wildman–Crippen LogP) is 1.65. The van der Waals surface area contributed by atoms with E-state index < -0.39 is 29.6 Å². The normalized spacial score (nSPS) is 12.2. The maximum Gasteiger partial charge on any atom is 0.408 e. The summed E-state index contributed by atoms with van der Waals surface area (Å²) >= 11 is 0. The Hall–Kier alpha value is -2.51. The van der Waals surface area contributed by atoms with E-state index in [1.54, 1.807) is 20.8 Å². The van der Waals surface area contributed by atoms with Crippen molar-refractivity contribution in [2.45, 2.75) is 39.3 Å². The van der Waals surface area contributed by atoms with E-state index in [0.29, 0.717) is 0 Å². The molecule has 3 N–H and O–H groups in total. The number of H-pyrrole nitrogens is 1. The molecule has 0 radical (unpaired) electrons. The summed E-state index contributed by atoms with van der Waals surface area (Å²) in [6, 6.07) is 0.680. The summed E-state index contributed by atoms with van der Waals surface area (Å²) in [5.41, 5.74) is -0.256. The Bertz CT molecular complexity index is 559. The van der Waals surface area contributed by atoms with Crippen molar-refractivity contribution in [3.63, 3.8) is 0 Å². The highest BCUT2D eigenvalue weighted by Crippen LogP contribution is 2.15. The van der Waals surface area contributed by atoms with Crippen LogP contribution >= 0.6 is 0 Å². The molecule has 2 amide bonds. The molecule has 0 aliphatic heterocycles. The lowest BCUT2D eigenvalue weighted by Gasteiger charge is -2.21. The highest BCUT2D eigenvalue weighted by Gasteiger charge is 2.22. The standard InChI is InChI=1S/C14H21N3O5/c1-8(16-13(20)22-14(2,3)4)11(18)17-9-6-7-15-10(9)12(19)21-5/h6-8,15H,1-5H3,(H,16,20)(H,17,18)/t8-/m0/s1. The van der Waals surface area contributed by atoms with Crippen LogP contribution in [0.3, 0.4) is 0 Å². The first-order valence-corrected chi connectivity index (χ1v) is 6.70. The van der Waals surface area contributed by atoms with Gasteiger partial charge in [-0.1, -0.05) is 0 Å². The van der Waals surface area contributed by atoms with Gasteiger partial charge >= 0.3 is 12.1 Å². The van der Waals surface area contributed by atoms with Gasteiger partial charge in [-0.05, 0) is 33.8 Å². The summed E-state index contributed by atoms with van der Waals surface area (Å²) in [4.78, 5) is 37.8. The fourth-order valence-electron chi connectivity index (χ4n) is 1.54. The molecule has 1 heterocycles. The van der Waals surface area contributed by atoms with E-state index in [4.69, 9.17) is 4.74 Å². The SMILES string of the molecule is COC(=O)c1[nH]ccc1NC(=O)[C@H](C)NC(=O)OC(C)(C)C. The first-order valence-electron chi connectivity index (χ1n) is 6.70. The number of methoxy groups -OCH3 is 1. The van der Waals surface area contributed by atoms with Crippen molar-refractivity contribution < 1.29 is 23.9 Å². The number of rotatable bonds is 4. The zero-order valence-electron chi connectivity index (χ0n) is 13.3. The Kier molecular flexibility index (Phi) is 5.56. The number of anilines is 1. The van der Waals surface area contributed by atoms with Crippen molar-refractivity contribution in [3.8, 4) is 0 Å². The zero-order chi connectivity index (χ0) is 16.9. The number of amides is 2. The molecule has 0 saturated heterocycles. The molecule has 8 heteroatoms. The van der Waals surface area contributed by atoms with Gasteiger partial charge in [-0.2, -0.15) is 0 Å². The third-order valence-electron chi connectivity index (χ3n) is 2.52. The van der Waals surface area contributed by atoms with Gasteiger partial charge in [0.15, 0.2) is 0 Å². The van der Waals surface area contributed by atoms with Crippen LogP contribution in [0.25, 0.3) is 0 Å². The van der Waals surface area contributed by atoms with Crippen molar-refractivity contribution in [2.24, 2.45) is 0 Å². The van der Waals surface area contributed by atoms with Crippen LogP contribution in [0.2, 0.25) is 0 Å². The molecule has 0 fully saturated rings. The highest BCUT2D eigenvalue weighted by molar-refractivity contribution is 6.02. The van der Waals surface area contributed by atoms with Crippen molar-refractivity contribution in [3.05, 3.63) is 18.0 Å². The monoisotopic (exact) mass is 311 g/mol. The van der Waals surface area contributed by atoms with E-state index in [1.807, 2.05) is 0 Å². The van der Waals surface area contributed by atoms with Gasteiger partial charge in [0.25, 0.3) is 0 Å². The number of carbonyl (C=O) groups is 3. The van der Waals surface area contributed by atoms with Crippen LogP contribution in [-0.2, 0) is 14.3 Å². The van der Waals surface area contributed by atoms with Gasteiger partial charge in [0.2, 0.25) is 5.91 Å². The lowest BCUT2D eigenvalue weighted by molar-refractivity contribution is -0.117. The number of aromatic nitrogens is 1. The number of hydrogen-bond acceptors (Lipinski definition) is 5. The average Bonchev–Trinajstić information content (AvgIpc) is 2.83. The molecule has 8 nitrogen and oxygen atoms in total. The summed E-state index contributed by atoms with van der Waals surface area (Å²) in [7, 11) is 1.24. The number of carbonyl (C=O) groups excluding carboxylic acids is 3. The van der Waals surface area contributed by atoms with Crippen LogP contribution in [0.4, 0.5) is 10.5 Å². The number of aromatic amines is 1. The smallest absolute Gasteiger partial charge is 0.408 e. The van der Waals surface area contributed by atoms with Gasteiger partial charge in [0, 0.05) is 6.20 Å². The van der Waals surface area contributed by atoms with E-state index >= 15 is 0 Å². The van der Waals surface area contributed by atoms with Gasteiger partial charge in [-0.15, -0.1) is 0 Å². The van der Waals surface area contributed by atoms with E-state index in [9.17, 15) is 14.4 Å². The lowest BCUT2D eigenvalue weighted by Crippen LogP contribution is -2.44. The van der Waals surface area contributed by atoms with E-state index in [0.717, 1.165) is 0 Å². The molecule has 0 aliphatic rings. The van der Waals surface area contributed by atoms with Gasteiger partial charge in [-0.25, -0.2) is 9.59 Å².